The second-order valence-electron chi connectivity index (χ2n) is 5.96. The lowest BCUT2D eigenvalue weighted by Crippen LogP contribution is -2.49. The van der Waals surface area contributed by atoms with Crippen molar-refractivity contribution in [1.29, 1.82) is 0 Å². The first-order chi connectivity index (χ1) is 11.8. The monoisotopic (exact) mass is 358 g/mol. The van der Waals surface area contributed by atoms with E-state index >= 15 is 0 Å². The molecular weight excluding hydrogens is 340 g/mol. The van der Waals surface area contributed by atoms with Gasteiger partial charge in [-0.2, -0.15) is 0 Å². The van der Waals surface area contributed by atoms with Crippen LogP contribution in [0.15, 0.2) is 64.5 Å². The van der Waals surface area contributed by atoms with Crippen molar-refractivity contribution in [3.8, 4) is 0 Å². The van der Waals surface area contributed by atoms with E-state index in [0.717, 1.165) is 49.1 Å². The number of para-hydroxylation sites is 1. The van der Waals surface area contributed by atoms with Crippen molar-refractivity contribution >= 4 is 34.9 Å². The third-order valence-electron chi connectivity index (χ3n) is 4.41. The van der Waals surface area contributed by atoms with Gasteiger partial charge >= 0.3 is 0 Å². The van der Waals surface area contributed by atoms with Gasteiger partial charge in [-0.1, -0.05) is 42.5 Å². The zero-order valence-electron chi connectivity index (χ0n) is 13.3. The van der Waals surface area contributed by atoms with Gasteiger partial charge in [0.2, 0.25) is 0 Å². The molecule has 0 bridgehead atoms. The van der Waals surface area contributed by atoms with E-state index < -0.39 is 4.87 Å². The van der Waals surface area contributed by atoms with Crippen molar-refractivity contribution in [3.05, 3.63) is 60.2 Å². The largest absolute Gasteiger partial charge is 0.378 e. The summed E-state index contributed by atoms with van der Waals surface area (Å²) in [5, 5.41) is 0. The van der Waals surface area contributed by atoms with Crippen LogP contribution in [0.4, 0.5) is 5.69 Å². The summed E-state index contributed by atoms with van der Waals surface area (Å²) in [6, 6.07) is 18.6. The Labute approximate surface area is 151 Å². The molecule has 0 amide bonds. The SMILES string of the molecule is ClC1(c2ccccc2)CSc2ccccc2N=C1N1CCOCC1. The van der Waals surface area contributed by atoms with Crippen LogP contribution in [-0.2, 0) is 9.61 Å². The van der Waals surface area contributed by atoms with Gasteiger partial charge in [0.05, 0.1) is 18.9 Å². The standard InChI is InChI=1S/C19H19ClN2OS/c20-19(15-6-2-1-3-7-15)14-24-17-9-5-4-8-16(17)21-18(19)22-10-12-23-13-11-22/h1-9H,10-14H2. The van der Waals surface area contributed by atoms with Crippen LogP contribution in [0, 0.1) is 0 Å². The summed E-state index contributed by atoms with van der Waals surface area (Å²) >= 11 is 9.03. The Bertz CT molecular complexity index is 746. The highest BCUT2D eigenvalue weighted by Crippen LogP contribution is 2.44. The van der Waals surface area contributed by atoms with Gasteiger partial charge in [0.15, 0.2) is 0 Å². The number of aliphatic imine (C=N–C) groups is 1. The molecule has 0 aromatic heterocycles. The molecule has 1 fully saturated rings. The third-order valence-corrected chi connectivity index (χ3v) is 6.33. The minimum absolute atomic E-state index is 0.637. The van der Waals surface area contributed by atoms with E-state index in [9.17, 15) is 0 Å². The van der Waals surface area contributed by atoms with E-state index in [0.29, 0.717) is 0 Å². The Morgan fingerprint density at radius 1 is 1.00 bits per heavy atom. The molecular formula is C19H19ClN2OS. The Hall–Kier alpha value is -1.49. The number of nitrogens with zero attached hydrogens (tertiary/aromatic N) is 2. The molecule has 2 aromatic rings. The van der Waals surface area contributed by atoms with E-state index in [2.05, 4.69) is 35.2 Å². The quantitative estimate of drug-likeness (QED) is 0.711. The van der Waals surface area contributed by atoms with E-state index in [4.69, 9.17) is 21.3 Å². The third kappa shape index (κ3) is 2.94. The number of fused-ring (bicyclic) bond motifs is 1. The predicted octanol–water partition coefficient (Wildman–Crippen LogP) is 4.29. The summed E-state index contributed by atoms with van der Waals surface area (Å²) in [6.45, 7) is 3.09. The number of alkyl halides is 1. The van der Waals surface area contributed by atoms with Crippen LogP contribution in [-0.4, -0.2) is 42.8 Å². The zero-order valence-corrected chi connectivity index (χ0v) is 14.9. The summed E-state index contributed by atoms with van der Waals surface area (Å²) in [4.78, 5) is 7.86. The number of rotatable bonds is 1. The summed E-state index contributed by atoms with van der Waals surface area (Å²) in [7, 11) is 0. The number of thioether (sulfide) groups is 1. The van der Waals surface area contributed by atoms with Gasteiger partial charge < -0.3 is 9.64 Å². The maximum absolute atomic E-state index is 7.26. The molecule has 0 saturated carbocycles. The minimum Gasteiger partial charge on any atom is -0.378 e. The van der Waals surface area contributed by atoms with Crippen molar-refractivity contribution in [2.45, 2.75) is 9.77 Å². The molecule has 0 N–H and O–H groups in total. The van der Waals surface area contributed by atoms with Crippen LogP contribution in [0.25, 0.3) is 0 Å². The van der Waals surface area contributed by atoms with E-state index in [1.54, 1.807) is 11.8 Å². The van der Waals surface area contributed by atoms with Gasteiger partial charge in [0.1, 0.15) is 10.7 Å². The Balaban J connectivity index is 1.83. The second kappa shape index (κ2) is 6.79. The average Bonchev–Trinajstić information content (AvgIpc) is 2.81. The molecule has 0 spiro atoms. The molecule has 0 radical (unpaired) electrons. The summed E-state index contributed by atoms with van der Waals surface area (Å²) in [5.74, 6) is 1.70. The fourth-order valence-electron chi connectivity index (χ4n) is 3.13. The molecule has 2 aliphatic heterocycles. The topological polar surface area (TPSA) is 24.8 Å². The number of morpholine rings is 1. The number of halogens is 1. The van der Waals surface area contributed by atoms with Gasteiger partial charge in [-0.3, -0.25) is 0 Å². The molecule has 3 nitrogen and oxygen atoms in total. The van der Waals surface area contributed by atoms with Crippen LogP contribution in [0.5, 0.6) is 0 Å². The second-order valence-corrected chi connectivity index (χ2v) is 7.62. The molecule has 1 unspecified atom stereocenters. The maximum atomic E-state index is 7.26. The molecule has 24 heavy (non-hydrogen) atoms. The summed E-state index contributed by atoms with van der Waals surface area (Å²) in [6.07, 6.45) is 0. The fraction of sp³-hybridized carbons (Fsp3) is 0.316. The van der Waals surface area contributed by atoms with Gasteiger partial charge in [-0.05, 0) is 17.7 Å². The van der Waals surface area contributed by atoms with Crippen molar-refractivity contribution in [1.82, 2.24) is 4.90 Å². The average molecular weight is 359 g/mol. The lowest BCUT2D eigenvalue weighted by Gasteiger charge is -2.37. The Morgan fingerprint density at radius 2 is 1.71 bits per heavy atom. The van der Waals surface area contributed by atoms with Gasteiger partial charge in [-0.15, -0.1) is 23.4 Å². The van der Waals surface area contributed by atoms with E-state index in [1.807, 2.05) is 24.3 Å². The number of hydrogen-bond donors (Lipinski definition) is 0. The highest BCUT2D eigenvalue weighted by atomic mass is 35.5. The number of benzene rings is 2. The highest BCUT2D eigenvalue weighted by molar-refractivity contribution is 7.99. The lowest BCUT2D eigenvalue weighted by atomic mass is 9.97. The number of ether oxygens (including phenoxy) is 1. The molecule has 0 aliphatic carbocycles. The molecule has 2 aliphatic rings. The molecule has 1 saturated heterocycles. The first-order valence-electron chi connectivity index (χ1n) is 8.15. The lowest BCUT2D eigenvalue weighted by molar-refractivity contribution is 0.0665. The fourth-order valence-corrected chi connectivity index (χ4v) is 4.67. The summed E-state index contributed by atoms with van der Waals surface area (Å²) in [5.41, 5.74) is 2.10. The van der Waals surface area contributed by atoms with Gasteiger partial charge in [0, 0.05) is 23.7 Å². The van der Waals surface area contributed by atoms with Crippen LogP contribution >= 0.6 is 23.4 Å². The van der Waals surface area contributed by atoms with Crippen molar-refractivity contribution in [2.24, 2.45) is 4.99 Å². The normalized spacial score (nSPS) is 24.0. The number of hydrogen-bond acceptors (Lipinski definition) is 4. The highest BCUT2D eigenvalue weighted by Gasteiger charge is 2.41. The van der Waals surface area contributed by atoms with E-state index in [-0.39, 0.29) is 0 Å². The maximum Gasteiger partial charge on any atom is 0.136 e. The van der Waals surface area contributed by atoms with Gasteiger partial charge in [0.25, 0.3) is 0 Å². The van der Waals surface area contributed by atoms with Gasteiger partial charge in [-0.25, -0.2) is 4.99 Å². The van der Waals surface area contributed by atoms with Crippen LogP contribution in [0.1, 0.15) is 5.56 Å². The van der Waals surface area contributed by atoms with Crippen molar-refractivity contribution in [3.63, 3.8) is 0 Å². The first kappa shape index (κ1) is 16.0. The van der Waals surface area contributed by atoms with Crippen molar-refractivity contribution in [2.75, 3.05) is 32.1 Å². The molecule has 2 heterocycles. The molecule has 124 valence electrons. The molecule has 4 rings (SSSR count). The smallest absolute Gasteiger partial charge is 0.136 e. The zero-order chi connectivity index (χ0) is 16.4. The minimum atomic E-state index is -0.637. The first-order valence-corrected chi connectivity index (χ1v) is 9.52. The Kier molecular flexibility index (Phi) is 4.53. The van der Waals surface area contributed by atoms with E-state index in [1.165, 1.54) is 4.90 Å². The molecule has 5 heteroatoms. The summed E-state index contributed by atoms with van der Waals surface area (Å²) < 4.78 is 5.52. The van der Waals surface area contributed by atoms with Crippen LogP contribution in [0.2, 0.25) is 0 Å². The van der Waals surface area contributed by atoms with Crippen LogP contribution < -0.4 is 0 Å². The molecule has 2 aromatic carbocycles. The van der Waals surface area contributed by atoms with Crippen LogP contribution in [0.3, 0.4) is 0 Å². The predicted molar refractivity (Wildman–Crippen MR) is 101 cm³/mol. The number of amidine groups is 1. The molecule has 1 atom stereocenters. The Morgan fingerprint density at radius 3 is 2.50 bits per heavy atom. The van der Waals surface area contributed by atoms with Crippen molar-refractivity contribution < 1.29 is 4.74 Å².